The molecule has 1 aromatic carbocycles. The third-order valence-corrected chi connectivity index (χ3v) is 2.69. The lowest BCUT2D eigenvalue weighted by molar-refractivity contribution is 0.461. The highest BCUT2D eigenvalue weighted by molar-refractivity contribution is 6.34. The van der Waals surface area contributed by atoms with Gasteiger partial charge in [-0.3, -0.25) is 0 Å². The first-order valence-corrected chi connectivity index (χ1v) is 6.12. The summed E-state index contributed by atoms with van der Waals surface area (Å²) in [6.45, 7) is 0. The molecule has 2 nitrogen and oxygen atoms in total. The van der Waals surface area contributed by atoms with Crippen molar-refractivity contribution in [3.05, 3.63) is 52.1 Å². The molecule has 2 aromatic rings. The van der Waals surface area contributed by atoms with E-state index in [2.05, 4.69) is 4.98 Å². The van der Waals surface area contributed by atoms with E-state index in [-0.39, 0.29) is 0 Å². The quantitative estimate of drug-likeness (QED) is 0.748. The topological polar surface area (TPSA) is 22.1 Å². The van der Waals surface area contributed by atoms with Crippen molar-refractivity contribution >= 4 is 34.8 Å². The molecule has 0 radical (unpaired) electrons. The number of hydrogen-bond donors (Lipinski definition) is 0. The van der Waals surface area contributed by atoms with Crippen LogP contribution in [0.4, 0.5) is 0 Å². The predicted octanol–water partition coefficient (Wildman–Crippen LogP) is 4.92. The molecule has 0 amide bonds. The number of rotatable bonds is 3. The number of alkyl halides is 1. The van der Waals surface area contributed by atoms with Crippen molar-refractivity contribution in [3.63, 3.8) is 0 Å². The van der Waals surface area contributed by atoms with Crippen LogP contribution in [0.25, 0.3) is 0 Å². The van der Waals surface area contributed by atoms with Crippen LogP contribution in [-0.4, -0.2) is 4.98 Å². The third kappa shape index (κ3) is 3.50. The maximum absolute atomic E-state index is 5.87. The zero-order chi connectivity index (χ0) is 12.3. The molecule has 17 heavy (non-hydrogen) atoms. The average Bonchev–Trinajstić information content (AvgIpc) is 2.28. The van der Waals surface area contributed by atoms with Gasteiger partial charge in [0, 0.05) is 16.1 Å². The molecule has 88 valence electrons. The number of nitrogens with zero attached hydrogens (tertiary/aromatic N) is 1. The first-order chi connectivity index (χ1) is 8.17. The summed E-state index contributed by atoms with van der Waals surface area (Å²) in [6.07, 6.45) is 0. The predicted molar refractivity (Wildman–Crippen MR) is 70.3 cm³/mol. The van der Waals surface area contributed by atoms with Crippen LogP contribution in [0.5, 0.6) is 11.6 Å². The first-order valence-electron chi connectivity index (χ1n) is 4.83. The minimum atomic E-state index is 0.341. The highest BCUT2D eigenvalue weighted by atomic mass is 35.5. The second-order valence-corrected chi connectivity index (χ2v) is 4.45. The van der Waals surface area contributed by atoms with Gasteiger partial charge in [-0.15, -0.1) is 11.6 Å². The zero-order valence-electron chi connectivity index (χ0n) is 8.66. The Balaban J connectivity index is 2.24. The molecule has 0 saturated heterocycles. The fourth-order valence-electron chi connectivity index (χ4n) is 1.30. The summed E-state index contributed by atoms with van der Waals surface area (Å²) in [7, 11) is 0. The molecule has 0 unspecified atom stereocenters. The van der Waals surface area contributed by atoms with E-state index in [1.165, 1.54) is 0 Å². The van der Waals surface area contributed by atoms with Gasteiger partial charge in [-0.05, 0) is 24.3 Å². The number of aromatic nitrogens is 1. The van der Waals surface area contributed by atoms with Gasteiger partial charge in [0.15, 0.2) is 0 Å². The minimum Gasteiger partial charge on any atom is -0.439 e. The summed E-state index contributed by atoms with van der Waals surface area (Å²) in [5.41, 5.74) is 0.747. The van der Waals surface area contributed by atoms with Crippen LogP contribution in [0.3, 0.4) is 0 Å². The molecular formula is C12H8Cl3NO. The average molecular weight is 289 g/mol. The van der Waals surface area contributed by atoms with Crippen molar-refractivity contribution in [1.29, 1.82) is 0 Å². The molecule has 0 aliphatic rings. The monoisotopic (exact) mass is 287 g/mol. The lowest BCUT2D eigenvalue weighted by Gasteiger charge is -2.06. The van der Waals surface area contributed by atoms with Crippen molar-refractivity contribution in [3.8, 4) is 11.6 Å². The highest BCUT2D eigenvalue weighted by Gasteiger charge is 2.03. The maximum Gasteiger partial charge on any atom is 0.219 e. The molecule has 0 bridgehead atoms. The molecule has 2 rings (SSSR count). The summed E-state index contributed by atoms with van der Waals surface area (Å²) < 4.78 is 5.54. The van der Waals surface area contributed by atoms with Crippen molar-refractivity contribution in [2.75, 3.05) is 0 Å². The Labute approximate surface area is 114 Å². The van der Waals surface area contributed by atoms with Crippen LogP contribution >= 0.6 is 34.8 Å². The lowest BCUT2D eigenvalue weighted by Crippen LogP contribution is -1.91. The Bertz CT molecular complexity index is 511. The van der Waals surface area contributed by atoms with Crippen LogP contribution in [0.1, 0.15) is 5.69 Å². The Morgan fingerprint density at radius 2 is 1.76 bits per heavy atom. The first kappa shape index (κ1) is 12.5. The molecule has 0 N–H and O–H groups in total. The third-order valence-electron chi connectivity index (χ3n) is 1.98. The zero-order valence-corrected chi connectivity index (χ0v) is 10.9. The number of ether oxygens (including phenoxy) is 1. The minimum absolute atomic E-state index is 0.341. The van der Waals surface area contributed by atoms with Gasteiger partial charge in [0.1, 0.15) is 5.75 Å². The normalized spacial score (nSPS) is 10.3. The standard InChI is InChI=1S/C12H8Cl3NO/c13-7-10-2-1-3-12(16-10)17-11-5-8(14)4-9(15)6-11/h1-6H,7H2. The molecule has 0 fully saturated rings. The van der Waals surface area contributed by atoms with Gasteiger partial charge in [0.2, 0.25) is 5.88 Å². The van der Waals surface area contributed by atoms with Crippen LogP contribution in [0, 0.1) is 0 Å². The van der Waals surface area contributed by atoms with Crippen molar-refractivity contribution in [1.82, 2.24) is 4.98 Å². The molecule has 0 atom stereocenters. The van der Waals surface area contributed by atoms with Crippen LogP contribution in [0.15, 0.2) is 36.4 Å². The van der Waals surface area contributed by atoms with Gasteiger partial charge in [0.25, 0.3) is 0 Å². The van der Waals surface area contributed by atoms with E-state index in [9.17, 15) is 0 Å². The second-order valence-electron chi connectivity index (χ2n) is 3.31. The van der Waals surface area contributed by atoms with Crippen LogP contribution in [0.2, 0.25) is 10.0 Å². The summed E-state index contributed by atoms with van der Waals surface area (Å²) >= 11 is 17.4. The van der Waals surface area contributed by atoms with E-state index in [4.69, 9.17) is 39.5 Å². The molecule has 0 saturated carbocycles. The van der Waals surface area contributed by atoms with E-state index in [1.807, 2.05) is 12.1 Å². The van der Waals surface area contributed by atoms with Crippen LogP contribution in [-0.2, 0) is 5.88 Å². The largest absolute Gasteiger partial charge is 0.439 e. The van der Waals surface area contributed by atoms with Gasteiger partial charge in [-0.25, -0.2) is 4.98 Å². The van der Waals surface area contributed by atoms with Crippen molar-refractivity contribution in [2.45, 2.75) is 5.88 Å². The fraction of sp³-hybridized carbons (Fsp3) is 0.0833. The van der Waals surface area contributed by atoms with Gasteiger partial charge in [0.05, 0.1) is 11.6 Å². The van der Waals surface area contributed by atoms with Gasteiger partial charge in [-0.1, -0.05) is 29.3 Å². The molecule has 1 aromatic heterocycles. The Morgan fingerprint density at radius 3 is 2.41 bits per heavy atom. The van der Waals surface area contributed by atoms with E-state index >= 15 is 0 Å². The molecule has 0 aliphatic heterocycles. The summed E-state index contributed by atoms with van der Waals surface area (Å²) in [4.78, 5) is 4.21. The molecule has 0 aliphatic carbocycles. The Kier molecular flexibility index (Phi) is 4.11. The highest BCUT2D eigenvalue weighted by Crippen LogP contribution is 2.27. The summed E-state index contributed by atoms with van der Waals surface area (Å²) in [5.74, 6) is 1.34. The number of halogens is 3. The summed E-state index contributed by atoms with van der Waals surface area (Å²) in [5, 5.41) is 1.03. The van der Waals surface area contributed by atoms with E-state index in [0.29, 0.717) is 27.6 Å². The molecule has 5 heteroatoms. The molecule has 1 heterocycles. The number of benzene rings is 1. The maximum atomic E-state index is 5.87. The van der Waals surface area contributed by atoms with Gasteiger partial charge in [-0.2, -0.15) is 0 Å². The lowest BCUT2D eigenvalue weighted by atomic mass is 10.3. The summed E-state index contributed by atoms with van der Waals surface area (Å²) in [6, 6.07) is 10.4. The molecule has 0 spiro atoms. The van der Waals surface area contributed by atoms with Crippen molar-refractivity contribution < 1.29 is 4.74 Å². The van der Waals surface area contributed by atoms with E-state index < -0.39 is 0 Å². The van der Waals surface area contributed by atoms with Crippen molar-refractivity contribution in [2.24, 2.45) is 0 Å². The van der Waals surface area contributed by atoms with Crippen LogP contribution < -0.4 is 4.74 Å². The van der Waals surface area contributed by atoms with Gasteiger partial charge >= 0.3 is 0 Å². The Hall–Kier alpha value is -0.960. The van der Waals surface area contributed by atoms with E-state index in [1.54, 1.807) is 24.3 Å². The smallest absolute Gasteiger partial charge is 0.219 e. The number of pyridine rings is 1. The SMILES string of the molecule is ClCc1cccc(Oc2cc(Cl)cc(Cl)c2)n1. The molecular weight excluding hydrogens is 280 g/mol. The fourth-order valence-corrected chi connectivity index (χ4v) is 1.95. The second kappa shape index (κ2) is 5.58. The van der Waals surface area contributed by atoms with E-state index in [0.717, 1.165) is 5.69 Å². The Morgan fingerprint density at radius 1 is 1.06 bits per heavy atom. The van der Waals surface area contributed by atoms with Gasteiger partial charge < -0.3 is 4.74 Å². The number of hydrogen-bond acceptors (Lipinski definition) is 2.